The van der Waals surface area contributed by atoms with E-state index in [4.69, 9.17) is 9.47 Å². The molecule has 0 bridgehead atoms. The van der Waals surface area contributed by atoms with Crippen molar-refractivity contribution in [2.24, 2.45) is 0 Å². The molecule has 0 spiro atoms. The average molecular weight is 260 g/mol. The van der Waals surface area contributed by atoms with Gasteiger partial charge in [0, 0.05) is 25.4 Å². The number of aromatic nitrogens is 2. The molecule has 2 heterocycles. The number of Topliss-reactive ketones (excluding diaryl/α,β-unsaturated/α-hetero) is 1. The van der Waals surface area contributed by atoms with E-state index in [1.807, 2.05) is 16.8 Å². The molecule has 0 aromatic carbocycles. The second kappa shape index (κ2) is 5.56. The van der Waals surface area contributed by atoms with Gasteiger partial charge in [-0.1, -0.05) is 0 Å². The topological polar surface area (TPSA) is 53.4 Å². The van der Waals surface area contributed by atoms with E-state index in [-0.39, 0.29) is 5.78 Å². The zero-order valence-electron chi connectivity index (χ0n) is 11.2. The normalized spacial score (nSPS) is 10.3. The van der Waals surface area contributed by atoms with Gasteiger partial charge in [0.25, 0.3) is 0 Å². The van der Waals surface area contributed by atoms with E-state index in [0.717, 1.165) is 5.69 Å². The van der Waals surface area contributed by atoms with Crippen LogP contribution in [-0.2, 0) is 6.54 Å². The lowest BCUT2D eigenvalue weighted by Gasteiger charge is -2.13. The van der Waals surface area contributed by atoms with Crippen LogP contribution in [0, 0.1) is 0 Å². The molecule has 0 unspecified atom stereocenters. The molecule has 5 nitrogen and oxygen atoms in total. The standard InChI is InChI=1S/C14H16N2O3/c1-10(17)12-5-4-8-16(12)9-11-14(19-3)13(18-2)6-7-15-11/h4-8H,9H2,1-3H3. The highest BCUT2D eigenvalue weighted by Gasteiger charge is 2.13. The van der Waals surface area contributed by atoms with E-state index in [2.05, 4.69) is 4.98 Å². The lowest BCUT2D eigenvalue weighted by atomic mass is 10.2. The number of nitrogens with zero attached hydrogens (tertiary/aromatic N) is 2. The molecule has 0 N–H and O–H groups in total. The predicted molar refractivity (Wildman–Crippen MR) is 70.9 cm³/mol. The Hall–Kier alpha value is -2.30. The highest BCUT2D eigenvalue weighted by molar-refractivity contribution is 5.92. The molecule has 0 saturated heterocycles. The van der Waals surface area contributed by atoms with Crippen molar-refractivity contribution >= 4 is 5.78 Å². The molecule has 5 heteroatoms. The summed E-state index contributed by atoms with van der Waals surface area (Å²) in [6.07, 6.45) is 3.50. The summed E-state index contributed by atoms with van der Waals surface area (Å²) in [6.45, 7) is 2.00. The van der Waals surface area contributed by atoms with Gasteiger partial charge in [-0.15, -0.1) is 0 Å². The number of rotatable bonds is 5. The van der Waals surface area contributed by atoms with Crippen LogP contribution in [0.4, 0.5) is 0 Å². The maximum atomic E-state index is 11.5. The molecule has 2 aromatic rings. The Morgan fingerprint density at radius 3 is 2.74 bits per heavy atom. The van der Waals surface area contributed by atoms with E-state index in [1.165, 1.54) is 0 Å². The first-order valence-corrected chi connectivity index (χ1v) is 5.89. The molecule has 0 atom stereocenters. The van der Waals surface area contributed by atoms with Crippen molar-refractivity contribution in [1.29, 1.82) is 0 Å². The molecule has 100 valence electrons. The van der Waals surface area contributed by atoms with Crippen LogP contribution >= 0.6 is 0 Å². The van der Waals surface area contributed by atoms with Crippen molar-refractivity contribution in [2.75, 3.05) is 14.2 Å². The van der Waals surface area contributed by atoms with Crippen molar-refractivity contribution in [3.05, 3.63) is 42.0 Å². The van der Waals surface area contributed by atoms with Gasteiger partial charge in [0.05, 0.1) is 26.5 Å². The summed E-state index contributed by atoms with van der Waals surface area (Å²) in [5.74, 6) is 1.24. The fourth-order valence-electron chi connectivity index (χ4n) is 2.00. The number of carbonyl (C=O) groups excluding carboxylic acids is 1. The Bertz CT molecular complexity index is 590. The van der Waals surface area contributed by atoms with Gasteiger partial charge in [0.2, 0.25) is 0 Å². The summed E-state index contributed by atoms with van der Waals surface area (Å²) < 4.78 is 12.4. The van der Waals surface area contributed by atoms with Gasteiger partial charge in [-0.25, -0.2) is 0 Å². The zero-order valence-corrected chi connectivity index (χ0v) is 11.2. The average Bonchev–Trinajstić information content (AvgIpc) is 2.86. The van der Waals surface area contributed by atoms with Gasteiger partial charge < -0.3 is 14.0 Å². The van der Waals surface area contributed by atoms with Crippen LogP contribution < -0.4 is 9.47 Å². The molecule has 0 aliphatic rings. The first-order chi connectivity index (χ1) is 9.17. The van der Waals surface area contributed by atoms with Crippen molar-refractivity contribution < 1.29 is 14.3 Å². The number of hydrogen-bond donors (Lipinski definition) is 0. The van der Waals surface area contributed by atoms with Gasteiger partial charge in [-0.3, -0.25) is 9.78 Å². The molecule has 0 saturated carbocycles. The second-order valence-electron chi connectivity index (χ2n) is 4.07. The highest BCUT2D eigenvalue weighted by atomic mass is 16.5. The summed E-state index contributed by atoms with van der Waals surface area (Å²) in [5, 5.41) is 0. The second-order valence-corrected chi connectivity index (χ2v) is 4.07. The van der Waals surface area contributed by atoms with E-state index < -0.39 is 0 Å². The summed E-state index contributed by atoms with van der Waals surface area (Å²) in [5.41, 5.74) is 1.37. The zero-order chi connectivity index (χ0) is 13.8. The maximum absolute atomic E-state index is 11.5. The maximum Gasteiger partial charge on any atom is 0.184 e. The quantitative estimate of drug-likeness (QED) is 0.773. The molecule has 0 aliphatic heterocycles. The van der Waals surface area contributed by atoms with Crippen molar-refractivity contribution in [2.45, 2.75) is 13.5 Å². The lowest BCUT2D eigenvalue weighted by Crippen LogP contribution is -2.09. The summed E-state index contributed by atoms with van der Waals surface area (Å²) in [6, 6.07) is 5.36. The van der Waals surface area contributed by atoms with Gasteiger partial charge in [0.1, 0.15) is 5.69 Å². The first kappa shape index (κ1) is 13.1. The van der Waals surface area contributed by atoms with Crippen molar-refractivity contribution in [3.8, 4) is 11.5 Å². The third kappa shape index (κ3) is 2.59. The molecule has 2 rings (SSSR count). The largest absolute Gasteiger partial charge is 0.493 e. The Balaban J connectivity index is 2.38. The molecular formula is C14H16N2O3. The Kier molecular flexibility index (Phi) is 3.85. The van der Waals surface area contributed by atoms with Crippen LogP contribution in [0.1, 0.15) is 23.1 Å². The fraction of sp³-hybridized carbons (Fsp3) is 0.286. The van der Waals surface area contributed by atoms with Gasteiger partial charge in [0.15, 0.2) is 17.3 Å². The third-order valence-corrected chi connectivity index (χ3v) is 2.88. The summed E-state index contributed by atoms with van der Waals surface area (Å²) >= 11 is 0. The van der Waals surface area contributed by atoms with Gasteiger partial charge >= 0.3 is 0 Å². The van der Waals surface area contributed by atoms with Crippen LogP contribution in [0.15, 0.2) is 30.6 Å². The van der Waals surface area contributed by atoms with Crippen LogP contribution in [0.3, 0.4) is 0 Å². The molecule has 2 aromatic heterocycles. The predicted octanol–water partition coefficient (Wildman–Crippen LogP) is 2.15. The first-order valence-electron chi connectivity index (χ1n) is 5.89. The Morgan fingerprint density at radius 2 is 2.11 bits per heavy atom. The minimum absolute atomic E-state index is 0.0202. The van der Waals surface area contributed by atoms with E-state index >= 15 is 0 Å². The van der Waals surface area contributed by atoms with E-state index in [9.17, 15) is 4.79 Å². The van der Waals surface area contributed by atoms with Crippen LogP contribution in [-0.4, -0.2) is 29.6 Å². The number of methoxy groups -OCH3 is 2. The van der Waals surface area contributed by atoms with Gasteiger partial charge in [-0.2, -0.15) is 0 Å². The molecule has 19 heavy (non-hydrogen) atoms. The van der Waals surface area contributed by atoms with Gasteiger partial charge in [-0.05, 0) is 12.1 Å². The minimum atomic E-state index is 0.0202. The molecule has 0 aliphatic carbocycles. The Labute approximate surface area is 111 Å². The monoisotopic (exact) mass is 260 g/mol. The Morgan fingerprint density at radius 1 is 1.32 bits per heavy atom. The highest BCUT2D eigenvalue weighted by Crippen LogP contribution is 2.29. The molecule has 0 fully saturated rings. The molecule has 0 amide bonds. The third-order valence-electron chi connectivity index (χ3n) is 2.88. The number of ether oxygens (including phenoxy) is 2. The minimum Gasteiger partial charge on any atom is -0.493 e. The fourth-order valence-corrected chi connectivity index (χ4v) is 2.00. The molecule has 0 radical (unpaired) electrons. The number of pyridine rings is 1. The van der Waals surface area contributed by atoms with Crippen molar-refractivity contribution in [1.82, 2.24) is 9.55 Å². The summed E-state index contributed by atoms with van der Waals surface area (Å²) in [7, 11) is 3.16. The lowest BCUT2D eigenvalue weighted by molar-refractivity contribution is 0.100. The number of hydrogen-bond acceptors (Lipinski definition) is 4. The molecular weight excluding hydrogens is 244 g/mol. The number of ketones is 1. The van der Waals surface area contributed by atoms with E-state index in [1.54, 1.807) is 39.5 Å². The number of carbonyl (C=O) groups is 1. The van der Waals surface area contributed by atoms with Crippen LogP contribution in [0.25, 0.3) is 0 Å². The SMILES string of the molecule is COc1ccnc(Cn2cccc2C(C)=O)c1OC. The van der Waals surface area contributed by atoms with Crippen LogP contribution in [0.5, 0.6) is 11.5 Å². The smallest absolute Gasteiger partial charge is 0.184 e. The van der Waals surface area contributed by atoms with Crippen molar-refractivity contribution in [3.63, 3.8) is 0 Å². The van der Waals surface area contributed by atoms with Crippen LogP contribution in [0.2, 0.25) is 0 Å². The summed E-state index contributed by atoms with van der Waals surface area (Å²) in [4.78, 5) is 15.8. The van der Waals surface area contributed by atoms with E-state index in [0.29, 0.717) is 23.7 Å².